The number of carboxylic acid groups (broad SMARTS) is 1. The lowest BCUT2D eigenvalue weighted by atomic mass is 10.1. The third-order valence-corrected chi connectivity index (χ3v) is 2.50. The van der Waals surface area contributed by atoms with Gasteiger partial charge in [-0.1, -0.05) is 13.8 Å². The summed E-state index contributed by atoms with van der Waals surface area (Å²) in [5.74, 6) is -0.302. The second-order valence-electron chi connectivity index (χ2n) is 4.41. The van der Waals surface area contributed by atoms with Crippen molar-refractivity contribution in [1.29, 1.82) is 0 Å². The van der Waals surface area contributed by atoms with Crippen LogP contribution in [0.2, 0.25) is 0 Å². The van der Waals surface area contributed by atoms with E-state index in [1.54, 1.807) is 0 Å². The van der Waals surface area contributed by atoms with E-state index in [2.05, 4.69) is 13.8 Å². The van der Waals surface area contributed by atoms with Crippen LogP contribution in [0, 0.1) is 5.92 Å². The molecule has 0 amide bonds. The van der Waals surface area contributed by atoms with E-state index in [4.69, 9.17) is 10.8 Å². The maximum absolute atomic E-state index is 11.0. The van der Waals surface area contributed by atoms with Crippen LogP contribution >= 0.6 is 0 Å². The minimum Gasteiger partial charge on any atom is -0.480 e. The van der Waals surface area contributed by atoms with Gasteiger partial charge in [-0.15, -0.1) is 0 Å². The van der Waals surface area contributed by atoms with Crippen molar-refractivity contribution in [2.24, 2.45) is 11.7 Å². The Balaban J connectivity index is 2.59. The molecule has 1 saturated carbocycles. The topological polar surface area (TPSA) is 66.6 Å². The summed E-state index contributed by atoms with van der Waals surface area (Å²) < 4.78 is 0. The molecule has 4 heteroatoms. The minimum atomic E-state index is -0.792. The standard InChI is InChI=1S/C10H20N2O2/c1-7(2)6-12(8-3-4-8)9(5-11)10(13)14/h7-9H,3-6,11H2,1-2H3,(H,13,14). The van der Waals surface area contributed by atoms with Crippen LogP contribution in [0.4, 0.5) is 0 Å². The quantitative estimate of drug-likeness (QED) is 0.656. The molecule has 3 N–H and O–H groups in total. The van der Waals surface area contributed by atoms with Crippen molar-refractivity contribution < 1.29 is 9.90 Å². The van der Waals surface area contributed by atoms with Gasteiger partial charge in [0.15, 0.2) is 0 Å². The molecule has 82 valence electrons. The van der Waals surface area contributed by atoms with Gasteiger partial charge in [0, 0.05) is 19.1 Å². The highest BCUT2D eigenvalue weighted by molar-refractivity contribution is 5.73. The molecule has 1 aliphatic rings. The van der Waals surface area contributed by atoms with Crippen LogP contribution in [0.15, 0.2) is 0 Å². The van der Waals surface area contributed by atoms with Crippen LogP contribution < -0.4 is 5.73 Å². The molecule has 14 heavy (non-hydrogen) atoms. The molecule has 1 fully saturated rings. The fourth-order valence-electron chi connectivity index (χ4n) is 1.74. The molecule has 1 aliphatic carbocycles. The fraction of sp³-hybridized carbons (Fsp3) is 0.900. The Morgan fingerprint density at radius 2 is 2.14 bits per heavy atom. The summed E-state index contributed by atoms with van der Waals surface area (Å²) >= 11 is 0. The molecule has 1 atom stereocenters. The van der Waals surface area contributed by atoms with Gasteiger partial charge in [0.1, 0.15) is 6.04 Å². The molecule has 0 bridgehead atoms. The normalized spacial score (nSPS) is 18.9. The third kappa shape index (κ3) is 2.96. The average molecular weight is 200 g/mol. The molecule has 0 saturated heterocycles. The van der Waals surface area contributed by atoms with E-state index >= 15 is 0 Å². The summed E-state index contributed by atoms with van der Waals surface area (Å²) in [7, 11) is 0. The van der Waals surface area contributed by atoms with Crippen molar-refractivity contribution in [3.05, 3.63) is 0 Å². The monoisotopic (exact) mass is 200 g/mol. The van der Waals surface area contributed by atoms with Crippen LogP contribution in [-0.2, 0) is 4.79 Å². The highest BCUT2D eigenvalue weighted by atomic mass is 16.4. The molecular formula is C10H20N2O2. The molecule has 0 aliphatic heterocycles. The number of rotatable bonds is 6. The predicted octanol–water partition coefficient (Wildman–Crippen LogP) is 0.519. The highest BCUT2D eigenvalue weighted by Crippen LogP contribution is 2.29. The second-order valence-corrected chi connectivity index (χ2v) is 4.41. The Morgan fingerprint density at radius 1 is 1.57 bits per heavy atom. The van der Waals surface area contributed by atoms with Gasteiger partial charge in [-0.3, -0.25) is 9.69 Å². The van der Waals surface area contributed by atoms with Crippen molar-refractivity contribution in [3.63, 3.8) is 0 Å². The van der Waals surface area contributed by atoms with E-state index in [1.165, 1.54) is 0 Å². The van der Waals surface area contributed by atoms with Gasteiger partial charge in [-0.25, -0.2) is 0 Å². The first-order valence-electron chi connectivity index (χ1n) is 5.24. The average Bonchev–Trinajstić information content (AvgIpc) is 2.84. The van der Waals surface area contributed by atoms with Crippen LogP contribution in [-0.4, -0.2) is 41.1 Å². The van der Waals surface area contributed by atoms with E-state index in [0.29, 0.717) is 12.0 Å². The van der Waals surface area contributed by atoms with Crippen molar-refractivity contribution in [3.8, 4) is 0 Å². The second kappa shape index (κ2) is 4.75. The molecule has 1 rings (SSSR count). The van der Waals surface area contributed by atoms with Gasteiger partial charge < -0.3 is 10.8 Å². The summed E-state index contributed by atoms with van der Waals surface area (Å²) in [6.45, 7) is 5.24. The van der Waals surface area contributed by atoms with Crippen LogP contribution in [0.25, 0.3) is 0 Å². The molecule has 0 radical (unpaired) electrons. The number of aliphatic carboxylic acids is 1. The van der Waals surface area contributed by atoms with Gasteiger partial charge in [0.2, 0.25) is 0 Å². The van der Waals surface area contributed by atoms with Gasteiger partial charge in [0.25, 0.3) is 0 Å². The summed E-state index contributed by atoms with van der Waals surface area (Å²) in [6, 6.07) is -0.0352. The summed E-state index contributed by atoms with van der Waals surface area (Å²) in [5, 5.41) is 9.01. The lowest BCUT2D eigenvalue weighted by Gasteiger charge is -2.29. The lowest BCUT2D eigenvalue weighted by molar-refractivity contribution is -0.143. The Kier molecular flexibility index (Phi) is 3.89. The van der Waals surface area contributed by atoms with Crippen molar-refractivity contribution in [2.45, 2.75) is 38.8 Å². The van der Waals surface area contributed by atoms with Crippen molar-refractivity contribution in [2.75, 3.05) is 13.1 Å². The first-order valence-corrected chi connectivity index (χ1v) is 5.24. The van der Waals surface area contributed by atoms with E-state index < -0.39 is 12.0 Å². The Labute approximate surface area is 85.1 Å². The van der Waals surface area contributed by atoms with E-state index in [0.717, 1.165) is 19.4 Å². The molecule has 1 unspecified atom stereocenters. The molecule has 0 heterocycles. The van der Waals surface area contributed by atoms with Crippen LogP contribution in [0.3, 0.4) is 0 Å². The number of carbonyl (C=O) groups is 1. The first kappa shape index (κ1) is 11.5. The van der Waals surface area contributed by atoms with Gasteiger partial charge >= 0.3 is 5.97 Å². The Bertz CT molecular complexity index is 202. The molecule has 0 aromatic heterocycles. The zero-order valence-corrected chi connectivity index (χ0v) is 8.94. The number of hydrogen-bond acceptors (Lipinski definition) is 3. The number of nitrogens with two attached hydrogens (primary N) is 1. The van der Waals surface area contributed by atoms with Crippen molar-refractivity contribution in [1.82, 2.24) is 4.90 Å². The van der Waals surface area contributed by atoms with E-state index in [1.807, 2.05) is 4.90 Å². The van der Waals surface area contributed by atoms with E-state index in [-0.39, 0.29) is 6.54 Å². The van der Waals surface area contributed by atoms with Crippen LogP contribution in [0.1, 0.15) is 26.7 Å². The maximum atomic E-state index is 11.0. The van der Waals surface area contributed by atoms with Gasteiger partial charge in [-0.05, 0) is 18.8 Å². The smallest absolute Gasteiger partial charge is 0.322 e. The molecule has 0 aromatic carbocycles. The molecule has 4 nitrogen and oxygen atoms in total. The maximum Gasteiger partial charge on any atom is 0.322 e. The zero-order valence-electron chi connectivity index (χ0n) is 8.94. The first-order chi connectivity index (χ1) is 6.56. The largest absolute Gasteiger partial charge is 0.480 e. The van der Waals surface area contributed by atoms with Gasteiger partial charge in [0.05, 0.1) is 0 Å². The molecule has 0 aromatic rings. The number of hydrogen-bond donors (Lipinski definition) is 2. The van der Waals surface area contributed by atoms with Crippen LogP contribution in [0.5, 0.6) is 0 Å². The minimum absolute atomic E-state index is 0.207. The SMILES string of the molecule is CC(C)CN(C1CC1)C(CN)C(=O)O. The number of carboxylic acids is 1. The molecule has 0 spiro atoms. The lowest BCUT2D eigenvalue weighted by Crippen LogP contribution is -2.48. The fourth-order valence-corrected chi connectivity index (χ4v) is 1.74. The summed E-state index contributed by atoms with van der Waals surface area (Å²) in [5.41, 5.74) is 5.49. The predicted molar refractivity (Wildman–Crippen MR) is 55.0 cm³/mol. The van der Waals surface area contributed by atoms with Gasteiger partial charge in [-0.2, -0.15) is 0 Å². The Morgan fingerprint density at radius 3 is 2.43 bits per heavy atom. The number of nitrogens with zero attached hydrogens (tertiary/aromatic N) is 1. The Hall–Kier alpha value is -0.610. The summed E-state index contributed by atoms with van der Waals surface area (Å²) in [6.07, 6.45) is 2.24. The van der Waals surface area contributed by atoms with Crippen molar-refractivity contribution >= 4 is 5.97 Å². The molecular weight excluding hydrogens is 180 g/mol. The summed E-state index contributed by atoms with van der Waals surface area (Å²) in [4.78, 5) is 13.0. The van der Waals surface area contributed by atoms with E-state index in [9.17, 15) is 4.79 Å². The third-order valence-electron chi connectivity index (χ3n) is 2.50. The zero-order chi connectivity index (χ0) is 10.7. The highest BCUT2D eigenvalue weighted by Gasteiger charge is 2.36.